The molecular weight excluding hydrogens is 348 g/mol. The standard InChI is InChI=1S/C20H20N2O5/c1-25-16-5-3-2-4-15(16)20(24)22-10-8-21(9-11-22)19(23)14-6-7-17-18(12-14)27-13-26-17/h2-7,12H,8-11,13H2,1H3. The molecule has 0 bridgehead atoms. The Labute approximate surface area is 157 Å². The zero-order valence-electron chi connectivity index (χ0n) is 15.0. The highest BCUT2D eigenvalue weighted by Crippen LogP contribution is 2.33. The molecule has 0 aromatic heterocycles. The molecule has 2 aromatic carbocycles. The fourth-order valence-corrected chi connectivity index (χ4v) is 3.32. The number of amides is 2. The Morgan fingerprint density at radius 1 is 0.889 bits per heavy atom. The predicted octanol–water partition coefficient (Wildman–Crippen LogP) is 2.02. The van der Waals surface area contributed by atoms with E-state index < -0.39 is 0 Å². The largest absolute Gasteiger partial charge is 0.496 e. The van der Waals surface area contributed by atoms with Gasteiger partial charge in [-0.2, -0.15) is 0 Å². The summed E-state index contributed by atoms with van der Waals surface area (Å²) in [4.78, 5) is 29.0. The van der Waals surface area contributed by atoms with Crippen LogP contribution >= 0.6 is 0 Å². The number of para-hydroxylation sites is 1. The first kappa shape index (κ1) is 17.2. The fraction of sp³-hybridized carbons (Fsp3) is 0.300. The Morgan fingerprint density at radius 3 is 2.30 bits per heavy atom. The molecular formula is C20H20N2O5. The highest BCUT2D eigenvalue weighted by Gasteiger charge is 2.27. The third kappa shape index (κ3) is 3.28. The van der Waals surface area contributed by atoms with Crippen LogP contribution in [-0.4, -0.2) is 61.7 Å². The lowest BCUT2D eigenvalue weighted by Gasteiger charge is -2.35. The Kier molecular flexibility index (Phi) is 4.58. The van der Waals surface area contributed by atoms with Crippen LogP contribution in [0.3, 0.4) is 0 Å². The van der Waals surface area contributed by atoms with Gasteiger partial charge < -0.3 is 24.0 Å². The van der Waals surface area contributed by atoms with E-state index in [9.17, 15) is 9.59 Å². The summed E-state index contributed by atoms with van der Waals surface area (Å²) < 4.78 is 15.9. The Balaban J connectivity index is 1.41. The van der Waals surface area contributed by atoms with E-state index in [0.29, 0.717) is 54.6 Å². The van der Waals surface area contributed by atoms with Crippen molar-refractivity contribution in [1.82, 2.24) is 9.80 Å². The van der Waals surface area contributed by atoms with Crippen molar-refractivity contribution in [3.05, 3.63) is 53.6 Å². The van der Waals surface area contributed by atoms with Gasteiger partial charge in [-0.15, -0.1) is 0 Å². The first-order chi connectivity index (χ1) is 13.2. The highest BCUT2D eigenvalue weighted by molar-refractivity contribution is 5.98. The Hall–Kier alpha value is -3.22. The molecule has 0 atom stereocenters. The molecule has 2 aromatic rings. The second-order valence-corrected chi connectivity index (χ2v) is 6.35. The summed E-state index contributed by atoms with van der Waals surface area (Å²) in [6.07, 6.45) is 0. The molecule has 7 nitrogen and oxygen atoms in total. The van der Waals surface area contributed by atoms with Gasteiger partial charge in [-0.25, -0.2) is 0 Å². The van der Waals surface area contributed by atoms with Gasteiger partial charge in [0.2, 0.25) is 6.79 Å². The average molecular weight is 368 g/mol. The van der Waals surface area contributed by atoms with Crippen LogP contribution < -0.4 is 14.2 Å². The van der Waals surface area contributed by atoms with Crippen molar-refractivity contribution in [3.8, 4) is 17.2 Å². The molecule has 0 aliphatic carbocycles. The number of piperazine rings is 1. The molecule has 2 aliphatic heterocycles. The molecule has 0 N–H and O–H groups in total. The Bertz CT molecular complexity index is 874. The summed E-state index contributed by atoms with van der Waals surface area (Å²) in [5.41, 5.74) is 1.10. The highest BCUT2D eigenvalue weighted by atomic mass is 16.7. The fourth-order valence-electron chi connectivity index (χ4n) is 3.32. The predicted molar refractivity (Wildman–Crippen MR) is 97.4 cm³/mol. The summed E-state index contributed by atoms with van der Waals surface area (Å²) in [5, 5.41) is 0. The third-order valence-electron chi connectivity index (χ3n) is 4.81. The van der Waals surface area contributed by atoms with Gasteiger partial charge in [-0.3, -0.25) is 9.59 Å². The summed E-state index contributed by atoms with van der Waals surface area (Å²) in [6, 6.07) is 12.4. The maximum absolute atomic E-state index is 12.8. The van der Waals surface area contributed by atoms with Crippen LogP contribution in [-0.2, 0) is 0 Å². The lowest BCUT2D eigenvalue weighted by atomic mass is 10.1. The van der Waals surface area contributed by atoms with E-state index in [0.717, 1.165) is 0 Å². The topological polar surface area (TPSA) is 68.3 Å². The van der Waals surface area contributed by atoms with Crippen molar-refractivity contribution in [2.24, 2.45) is 0 Å². The minimum absolute atomic E-state index is 0.0716. The van der Waals surface area contributed by atoms with Crippen LogP contribution in [0.25, 0.3) is 0 Å². The molecule has 27 heavy (non-hydrogen) atoms. The van der Waals surface area contributed by atoms with Crippen molar-refractivity contribution < 1.29 is 23.8 Å². The molecule has 2 amide bonds. The van der Waals surface area contributed by atoms with Crippen LogP contribution in [0.4, 0.5) is 0 Å². The normalized spacial score (nSPS) is 15.6. The van der Waals surface area contributed by atoms with E-state index in [-0.39, 0.29) is 18.6 Å². The van der Waals surface area contributed by atoms with Crippen molar-refractivity contribution in [2.45, 2.75) is 0 Å². The smallest absolute Gasteiger partial charge is 0.257 e. The lowest BCUT2D eigenvalue weighted by molar-refractivity contribution is 0.0533. The van der Waals surface area contributed by atoms with Crippen molar-refractivity contribution in [3.63, 3.8) is 0 Å². The second kappa shape index (κ2) is 7.19. The molecule has 1 saturated heterocycles. The average Bonchev–Trinajstić information content (AvgIpc) is 3.20. The van der Waals surface area contributed by atoms with Gasteiger partial charge in [0.05, 0.1) is 12.7 Å². The summed E-state index contributed by atoms with van der Waals surface area (Å²) in [5.74, 6) is 1.64. The number of carbonyl (C=O) groups excluding carboxylic acids is 2. The third-order valence-corrected chi connectivity index (χ3v) is 4.81. The molecule has 2 heterocycles. The van der Waals surface area contributed by atoms with E-state index in [1.807, 2.05) is 12.1 Å². The molecule has 0 saturated carbocycles. The first-order valence-electron chi connectivity index (χ1n) is 8.78. The van der Waals surface area contributed by atoms with Gasteiger partial charge in [-0.1, -0.05) is 12.1 Å². The van der Waals surface area contributed by atoms with Crippen molar-refractivity contribution >= 4 is 11.8 Å². The van der Waals surface area contributed by atoms with Crippen LogP contribution in [0.1, 0.15) is 20.7 Å². The number of ether oxygens (including phenoxy) is 3. The molecule has 1 fully saturated rings. The number of fused-ring (bicyclic) bond motifs is 1. The maximum atomic E-state index is 12.8. The van der Waals surface area contributed by atoms with Crippen LogP contribution in [0.15, 0.2) is 42.5 Å². The zero-order valence-corrected chi connectivity index (χ0v) is 15.0. The lowest BCUT2D eigenvalue weighted by Crippen LogP contribution is -2.50. The molecule has 0 unspecified atom stereocenters. The summed E-state index contributed by atoms with van der Waals surface area (Å²) in [6.45, 7) is 2.10. The van der Waals surface area contributed by atoms with Crippen LogP contribution in [0.2, 0.25) is 0 Å². The molecule has 0 radical (unpaired) electrons. The molecule has 140 valence electrons. The van der Waals surface area contributed by atoms with E-state index in [1.165, 1.54) is 0 Å². The molecule has 4 rings (SSSR count). The summed E-state index contributed by atoms with van der Waals surface area (Å²) in [7, 11) is 1.55. The van der Waals surface area contributed by atoms with Gasteiger partial charge in [-0.05, 0) is 30.3 Å². The van der Waals surface area contributed by atoms with E-state index in [4.69, 9.17) is 14.2 Å². The monoisotopic (exact) mass is 368 g/mol. The molecule has 0 spiro atoms. The summed E-state index contributed by atoms with van der Waals surface area (Å²) >= 11 is 0. The number of nitrogens with zero attached hydrogens (tertiary/aromatic N) is 2. The molecule has 2 aliphatic rings. The van der Waals surface area contributed by atoms with Crippen molar-refractivity contribution in [2.75, 3.05) is 40.1 Å². The van der Waals surface area contributed by atoms with E-state index in [1.54, 1.807) is 47.2 Å². The van der Waals surface area contributed by atoms with Crippen LogP contribution in [0.5, 0.6) is 17.2 Å². The number of hydrogen-bond acceptors (Lipinski definition) is 5. The minimum atomic E-state index is -0.0809. The zero-order chi connectivity index (χ0) is 18.8. The SMILES string of the molecule is COc1ccccc1C(=O)N1CCN(C(=O)c2ccc3c(c2)OCO3)CC1. The van der Waals surface area contributed by atoms with E-state index >= 15 is 0 Å². The first-order valence-corrected chi connectivity index (χ1v) is 8.78. The number of carbonyl (C=O) groups is 2. The molecule has 7 heteroatoms. The van der Waals surface area contributed by atoms with Crippen molar-refractivity contribution in [1.29, 1.82) is 0 Å². The van der Waals surface area contributed by atoms with Crippen LogP contribution in [0, 0.1) is 0 Å². The second-order valence-electron chi connectivity index (χ2n) is 6.35. The minimum Gasteiger partial charge on any atom is -0.496 e. The maximum Gasteiger partial charge on any atom is 0.257 e. The van der Waals surface area contributed by atoms with E-state index in [2.05, 4.69) is 0 Å². The number of methoxy groups -OCH3 is 1. The number of rotatable bonds is 3. The van der Waals surface area contributed by atoms with Gasteiger partial charge in [0.1, 0.15) is 5.75 Å². The van der Waals surface area contributed by atoms with Gasteiger partial charge in [0.15, 0.2) is 11.5 Å². The van der Waals surface area contributed by atoms with Gasteiger partial charge >= 0.3 is 0 Å². The Morgan fingerprint density at radius 2 is 1.56 bits per heavy atom. The van der Waals surface area contributed by atoms with Gasteiger partial charge in [0.25, 0.3) is 11.8 Å². The van der Waals surface area contributed by atoms with Gasteiger partial charge in [0, 0.05) is 31.7 Å². The number of hydrogen-bond donors (Lipinski definition) is 0. The number of benzene rings is 2. The quantitative estimate of drug-likeness (QED) is 0.829.